The van der Waals surface area contributed by atoms with Gasteiger partial charge in [-0.05, 0) is 24.6 Å². The summed E-state index contributed by atoms with van der Waals surface area (Å²) in [7, 11) is 1.58. The van der Waals surface area contributed by atoms with Crippen molar-refractivity contribution in [1.29, 1.82) is 0 Å². The molecule has 0 atom stereocenters. The van der Waals surface area contributed by atoms with Crippen LogP contribution >= 0.6 is 0 Å². The van der Waals surface area contributed by atoms with E-state index in [-0.39, 0.29) is 18.2 Å². The molecule has 2 aromatic carbocycles. The van der Waals surface area contributed by atoms with Gasteiger partial charge in [-0.3, -0.25) is 9.59 Å². The minimum atomic E-state index is -0.135. The molecule has 2 rings (SSSR count). The number of anilines is 1. The Hall–Kier alpha value is -2.82. The first kappa shape index (κ1) is 18.5. The molecule has 25 heavy (non-hydrogen) atoms. The van der Waals surface area contributed by atoms with Crippen molar-refractivity contribution in [2.75, 3.05) is 19.0 Å². The van der Waals surface area contributed by atoms with Crippen LogP contribution in [0.15, 0.2) is 48.5 Å². The molecule has 0 aliphatic carbocycles. The number of methoxy groups -OCH3 is 1. The van der Waals surface area contributed by atoms with Crippen LogP contribution in [0.4, 0.5) is 5.69 Å². The zero-order valence-electron chi connectivity index (χ0n) is 14.9. The van der Waals surface area contributed by atoms with E-state index in [0.717, 1.165) is 11.1 Å². The normalized spacial score (nSPS) is 10.2. The van der Waals surface area contributed by atoms with Crippen molar-refractivity contribution in [3.8, 4) is 5.75 Å². The van der Waals surface area contributed by atoms with Crippen LogP contribution in [0.25, 0.3) is 0 Å². The van der Waals surface area contributed by atoms with Crippen LogP contribution < -0.4 is 10.1 Å². The number of rotatable bonds is 7. The van der Waals surface area contributed by atoms with Gasteiger partial charge in [0.15, 0.2) is 0 Å². The maximum absolute atomic E-state index is 12.2. The van der Waals surface area contributed by atoms with E-state index in [1.54, 1.807) is 24.1 Å². The zero-order chi connectivity index (χ0) is 18.2. The van der Waals surface area contributed by atoms with Crippen LogP contribution in [0.5, 0.6) is 5.75 Å². The van der Waals surface area contributed by atoms with Crippen molar-refractivity contribution in [3.63, 3.8) is 0 Å². The van der Waals surface area contributed by atoms with Crippen molar-refractivity contribution in [2.24, 2.45) is 0 Å². The highest BCUT2D eigenvalue weighted by molar-refractivity contribution is 5.91. The van der Waals surface area contributed by atoms with Gasteiger partial charge in [0.05, 0.1) is 7.11 Å². The summed E-state index contributed by atoms with van der Waals surface area (Å²) in [4.78, 5) is 25.7. The lowest BCUT2D eigenvalue weighted by Crippen LogP contribution is -2.31. The van der Waals surface area contributed by atoms with Gasteiger partial charge in [-0.15, -0.1) is 0 Å². The summed E-state index contributed by atoms with van der Waals surface area (Å²) in [5.41, 5.74) is 2.89. The van der Waals surface area contributed by atoms with Crippen molar-refractivity contribution in [3.05, 3.63) is 59.7 Å². The van der Waals surface area contributed by atoms with E-state index in [2.05, 4.69) is 5.32 Å². The molecule has 0 heterocycles. The largest absolute Gasteiger partial charge is 0.497 e. The van der Waals surface area contributed by atoms with Crippen LogP contribution in [0.1, 0.15) is 24.5 Å². The highest BCUT2D eigenvalue weighted by Crippen LogP contribution is 2.17. The fourth-order valence-corrected chi connectivity index (χ4v) is 2.54. The highest BCUT2D eigenvalue weighted by Gasteiger charge is 2.12. The third-order valence-electron chi connectivity index (χ3n) is 3.86. The average molecular weight is 340 g/mol. The Morgan fingerprint density at radius 2 is 1.88 bits per heavy atom. The molecule has 132 valence electrons. The first-order valence-corrected chi connectivity index (χ1v) is 8.23. The number of benzene rings is 2. The molecule has 0 fully saturated rings. The SMILES string of the molecule is COc1cccc(NC(=O)CCN(Cc2cccc(C)c2)C(C)=O)c1. The molecule has 2 amide bonds. The molecule has 1 N–H and O–H groups in total. The highest BCUT2D eigenvalue weighted by atomic mass is 16.5. The second-order valence-corrected chi connectivity index (χ2v) is 5.96. The molecule has 0 radical (unpaired) electrons. The van der Waals surface area contributed by atoms with Gasteiger partial charge in [0, 0.05) is 38.2 Å². The molecule has 0 spiro atoms. The molecule has 0 saturated carbocycles. The smallest absolute Gasteiger partial charge is 0.226 e. The third kappa shape index (κ3) is 5.95. The quantitative estimate of drug-likeness (QED) is 0.840. The minimum Gasteiger partial charge on any atom is -0.497 e. The molecular weight excluding hydrogens is 316 g/mol. The number of hydrogen-bond acceptors (Lipinski definition) is 3. The van der Waals surface area contributed by atoms with Crippen LogP contribution in [-0.2, 0) is 16.1 Å². The van der Waals surface area contributed by atoms with Gasteiger partial charge in [0.2, 0.25) is 11.8 Å². The number of carbonyl (C=O) groups excluding carboxylic acids is 2. The molecule has 0 aromatic heterocycles. The number of nitrogens with one attached hydrogen (secondary N) is 1. The molecule has 5 heteroatoms. The Balaban J connectivity index is 1.91. The lowest BCUT2D eigenvalue weighted by atomic mass is 10.1. The van der Waals surface area contributed by atoms with E-state index < -0.39 is 0 Å². The van der Waals surface area contributed by atoms with Crippen LogP contribution in [0, 0.1) is 6.92 Å². The van der Waals surface area contributed by atoms with E-state index in [0.29, 0.717) is 24.5 Å². The maximum Gasteiger partial charge on any atom is 0.226 e. The van der Waals surface area contributed by atoms with E-state index >= 15 is 0 Å². The van der Waals surface area contributed by atoms with Gasteiger partial charge in [-0.2, -0.15) is 0 Å². The molecule has 0 aliphatic heterocycles. The molecule has 0 aliphatic rings. The van der Waals surface area contributed by atoms with Crippen LogP contribution in [0.2, 0.25) is 0 Å². The van der Waals surface area contributed by atoms with E-state index in [9.17, 15) is 9.59 Å². The third-order valence-corrected chi connectivity index (χ3v) is 3.86. The fraction of sp³-hybridized carbons (Fsp3) is 0.300. The maximum atomic E-state index is 12.2. The van der Waals surface area contributed by atoms with Gasteiger partial charge in [0.25, 0.3) is 0 Å². The molecule has 0 unspecified atom stereocenters. The summed E-state index contributed by atoms with van der Waals surface area (Å²) in [6.45, 7) is 4.42. The summed E-state index contributed by atoms with van der Waals surface area (Å²) in [6.07, 6.45) is 0.239. The standard InChI is InChI=1S/C20H24N2O3/c1-15-6-4-7-17(12-15)14-22(16(2)23)11-10-20(24)21-18-8-5-9-19(13-18)25-3/h4-9,12-13H,10-11,14H2,1-3H3,(H,21,24). The summed E-state index contributed by atoms with van der Waals surface area (Å²) >= 11 is 0. The lowest BCUT2D eigenvalue weighted by Gasteiger charge is -2.21. The first-order chi connectivity index (χ1) is 12.0. The van der Waals surface area contributed by atoms with Gasteiger partial charge in [-0.25, -0.2) is 0 Å². The van der Waals surface area contributed by atoms with Crippen LogP contribution in [0.3, 0.4) is 0 Å². The van der Waals surface area contributed by atoms with Gasteiger partial charge in [-0.1, -0.05) is 35.9 Å². The predicted molar refractivity (Wildman–Crippen MR) is 98.5 cm³/mol. The monoisotopic (exact) mass is 340 g/mol. The Bertz CT molecular complexity index is 743. The van der Waals surface area contributed by atoms with Gasteiger partial charge < -0.3 is 15.0 Å². The Labute approximate surface area is 148 Å². The molecule has 0 bridgehead atoms. The number of aryl methyl sites for hydroxylation is 1. The summed E-state index contributed by atoms with van der Waals surface area (Å²) in [5, 5.41) is 2.83. The predicted octanol–water partition coefficient (Wildman–Crippen LogP) is 3.38. The Kier molecular flexibility index (Phi) is 6.57. The van der Waals surface area contributed by atoms with Crippen molar-refractivity contribution >= 4 is 17.5 Å². The van der Waals surface area contributed by atoms with Crippen molar-refractivity contribution in [1.82, 2.24) is 4.90 Å². The summed E-state index contributed by atoms with van der Waals surface area (Å²) in [5.74, 6) is 0.502. The minimum absolute atomic E-state index is 0.0457. The van der Waals surface area contributed by atoms with Crippen molar-refractivity contribution < 1.29 is 14.3 Å². The molecule has 5 nitrogen and oxygen atoms in total. The Morgan fingerprint density at radius 3 is 2.56 bits per heavy atom. The number of ether oxygens (including phenoxy) is 1. The average Bonchev–Trinajstić information content (AvgIpc) is 2.58. The molecular formula is C20H24N2O3. The van der Waals surface area contributed by atoms with E-state index in [1.165, 1.54) is 6.92 Å². The van der Waals surface area contributed by atoms with Crippen LogP contribution in [-0.4, -0.2) is 30.4 Å². The topological polar surface area (TPSA) is 58.6 Å². The first-order valence-electron chi connectivity index (χ1n) is 8.23. The second kappa shape index (κ2) is 8.87. The van der Waals surface area contributed by atoms with E-state index in [1.807, 2.05) is 43.3 Å². The molecule has 0 saturated heterocycles. The number of amides is 2. The van der Waals surface area contributed by atoms with Gasteiger partial charge in [0.1, 0.15) is 5.75 Å². The number of nitrogens with zero attached hydrogens (tertiary/aromatic N) is 1. The fourth-order valence-electron chi connectivity index (χ4n) is 2.54. The van der Waals surface area contributed by atoms with Gasteiger partial charge >= 0.3 is 0 Å². The number of hydrogen-bond donors (Lipinski definition) is 1. The lowest BCUT2D eigenvalue weighted by molar-refractivity contribution is -0.129. The zero-order valence-corrected chi connectivity index (χ0v) is 14.9. The second-order valence-electron chi connectivity index (χ2n) is 5.96. The molecule has 2 aromatic rings. The number of carbonyl (C=O) groups is 2. The summed E-state index contributed by atoms with van der Waals surface area (Å²) < 4.78 is 5.14. The Morgan fingerprint density at radius 1 is 1.12 bits per heavy atom. The van der Waals surface area contributed by atoms with Crippen molar-refractivity contribution in [2.45, 2.75) is 26.8 Å². The summed E-state index contributed by atoms with van der Waals surface area (Å²) in [6, 6.07) is 15.2. The van der Waals surface area contributed by atoms with E-state index in [4.69, 9.17) is 4.74 Å².